The predicted octanol–water partition coefficient (Wildman–Crippen LogP) is 6.47. The number of rotatable bonds is 12. The van der Waals surface area contributed by atoms with E-state index in [1.165, 1.54) is 6.20 Å². The molecule has 1 atom stereocenters. The van der Waals surface area contributed by atoms with E-state index in [-0.39, 0.29) is 13.2 Å². The summed E-state index contributed by atoms with van der Waals surface area (Å²) < 4.78 is 51.7. The number of nitrogens with zero attached hydrogens (tertiary/aromatic N) is 3. The fourth-order valence-corrected chi connectivity index (χ4v) is 8.20. The van der Waals surface area contributed by atoms with Gasteiger partial charge in [0.1, 0.15) is 44.0 Å². The topological polar surface area (TPSA) is 140 Å². The molecule has 1 amide bonds. The minimum atomic E-state index is -3.68. The van der Waals surface area contributed by atoms with Crippen LogP contribution in [0, 0.1) is 18.3 Å². The molecule has 1 saturated carbocycles. The summed E-state index contributed by atoms with van der Waals surface area (Å²) in [4.78, 5) is 19.4. The van der Waals surface area contributed by atoms with Gasteiger partial charge in [-0.2, -0.15) is 5.26 Å². The van der Waals surface area contributed by atoms with E-state index in [0.29, 0.717) is 78.8 Å². The number of hydrogen-bond acceptors (Lipinski definition) is 10. The molecule has 1 aliphatic carbocycles. The predicted molar refractivity (Wildman–Crippen MR) is 195 cm³/mol. The number of likely N-dealkylation sites (tertiary alicyclic amines) is 1. The molecule has 2 aliphatic heterocycles. The number of ether oxygens (including phenoxy) is 4. The third-order valence-corrected chi connectivity index (χ3v) is 11.7. The summed E-state index contributed by atoms with van der Waals surface area (Å²) in [5, 5.41) is 9.24. The van der Waals surface area contributed by atoms with Crippen LogP contribution in [0.25, 0.3) is 11.1 Å². The average molecular weight is 743 g/mol. The number of piperidine rings is 1. The zero-order chi connectivity index (χ0) is 36.2. The molecule has 0 bridgehead atoms. The summed E-state index contributed by atoms with van der Waals surface area (Å²) in [5.41, 5.74) is 5.90. The molecule has 7 rings (SSSR count). The molecule has 13 heteroatoms. The highest BCUT2D eigenvalue weighted by Crippen LogP contribution is 2.38. The van der Waals surface area contributed by atoms with E-state index in [1.54, 1.807) is 24.4 Å². The van der Waals surface area contributed by atoms with Crippen molar-refractivity contribution in [3.05, 3.63) is 99.8 Å². The van der Waals surface area contributed by atoms with Gasteiger partial charge in [-0.3, -0.25) is 19.4 Å². The van der Waals surface area contributed by atoms with Crippen molar-refractivity contribution in [2.45, 2.75) is 70.1 Å². The Balaban J connectivity index is 1.13. The number of carbonyl (C=O) groups excluding carboxylic acids is 1. The van der Waals surface area contributed by atoms with Crippen LogP contribution in [0.2, 0.25) is 5.02 Å². The Morgan fingerprint density at radius 3 is 2.60 bits per heavy atom. The maximum Gasteiger partial charge on any atom is 0.250 e. The second-order valence-corrected chi connectivity index (χ2v) is 15.7. The molecule has 1 saturated heterocycles. The standard InChI is InChI=1S/C39H39ClN4O7S/c1-25-29(5-4-6-32(25)28-8-11-35-38(17-28)49-14-13-48-35)24-51-37-18-36(50-23-27-15-26(19-41)20-42-21-27)30(16-33(37)40)22-44-12-3-2-7-34(44)39(45)43-52(46,47)31-9-10-31/h4-6,8,11,15-18,20-21,31,34H,2-3,7,9-10,12-14,22-24H2,1H3,(H,43,45). The fourth-order valence-electron chi connectivity index (χ4n) is 6.62. The van der Waals surface area contributed by atoms with Crippen molar-refractivity contribution in [3.8, 4) is 40.2 Å². The third kappa shape index (κ3) is 8.12. The molecule has 2 fully saturated rings. The number of nitrogens with one attached hydrogen (secondary N) is 1. The zero-order valence-corrected chi connectivity index (χ0v) is 30.3. The minimum Gasteiger partial charge on any atom is -0.488 e. The lowest BCUT2D eigenvalue weighted by Crippen LogP contribution is -2.50. The SMILES string of the molecule is Cc1c(COc2cc(OCc3cncc(C#N)c3)c(CN3CCCCC3C(=O)NS(=O)(=O)C3CC3)cc2Cl)cccc1-c1ccc2c(c1)OCCO2. The van der Waals surface area contributed by atoms with E-state index < -0.39 is 27.2 Å². The van der Waals surface area contributed by atoms with Crippen LogP contribution in [0.15, 0.2) is 67.0 Å². The third-order valence-electron chi connectivity index (χ3n) is 9.61. The molecule has 1 N–H and O–H groups in total. The van der Waals surface area contributed by atoms with Gasteiger partial charge in [-0.25, -0.2) is 8.42 Å². The monoisotopic (exact) mass is 742 g/mol. The number of aromatic nitrogens is 1. The van der Waals surface area contributed by atoms with Crippen molar-refractivity contribution < 1.29 is 32.2 Å². The summed E-state index contributed by atoms with van der Waals surface area (Å²) in [6.45, 7) is 4.35. The van der Waals surface area contributed by atoms with E-state index >= 15 is 0 Å². The quantitative estimate of drug-likeness (QED) is 0.172. The van der Waals surface area contributed by atoms with E-state index in [0.717, 1.165) is 46.6 Å². The van der Waals surface area contributed by atoms with Crippen LogP contribution in [0.1, 0.15) is 59.9 Å². The summed E-state index contributed by atoms with van der Waals surface area (Å²) >= 11 is 6.87. The van der Waals surface area contributed by atoms with E-state index in [1.807, 2.05) is 35.2 Å². The van der Waals surface area contributed by atoms with Crippen LogP contribution in [0.5, 0.6) is 23.0 Å². The largest absolute Gasteiger partial charge is 0.488 e. The van der Waals surface area contributed by atoms with Crippen molar-refractivity contribution in [2.75, 3.05) is 19.8 Å². The molecule has 1 aromatic heterocycles. The number of nitriles is 1. The summed E-state index contributed by atoms with van der Waals surface area (Å²) in [7, 11) is -3.68. The van der Waals surface area contributed by atoms with E-state index in [9.17, 15) is 18.5 Å². The lowest BCUT2D eigenvalue weighted by Gasteiger charge is -2.35. The molecular weight excluding hydrogens is 704 g/mol. The Bertz CT molecular complexity index is 2130. The van der Waals surface area contributed by atoms with Crippen molar-refractivity contribution in [3.63, 3.8) is 0 Å². The van der Waals surface area contributed by atoms with Gasteiger partial charge in [-0.15, -0.1) is 0 Å². The van der Waals surface area contributed by atoms with Crippen molar-refractivity contribution in [1.82, 2.24) is 14.6 Å². The highest BCUT2D eigenvalue weighted by Gasteiger charge is 2.39. The summed E-state index contributed by atoms with van der Waals surface area (Å²) in [6, 6.07) is 18.7. The Hall–Kier alpha value is -4.83. The van der Waals surface area contributed by atoms with Gasteiger partial charge >= 0.3 is 0 Å². The first-order chi connectivity index (χ1) is 25.2. The zero-order valence-electron chi connectivity index (χ0n) is 28.8. The maximum absolute atomic E-state index is 13.3. The first-order valence-electron chi connectivity index (χ1n) is 17.4. The highest BCUT2D eigenvalue weighted by molar-refractivity contribution is 7.90. The van der Waals surface area contributed by atoms with Gasteiger partial charge in [0, 0.05) is 36.1 Å². The number of halogens is 1. The normalized spacial score (nSPS) is 17.2. The van der Waals surface area contributed by atoms with Crippen LogP contribution in [-0.2, 0) is 34.6 Å². The minimum absolute atomic E-state index is 0.122. The van der Waals surface area contributed by atoms with Gasteiger partial charge in [0.25, 0.3) is 5.91 Å². The van der Waals surface area contributed by atoms with E-state index in [4.69, 9.17) is 30.5 Å². The van der Waals surface area contributed by atoms with Crippen LogP contribution in [0.4, 0.5) is 0 Å². The molecule has 0 spiro atoms. The second-order valence-electron chi connectivity index (χ2n) is 13.3. The lowest BCUT2D eigenvalue weighted by atomic mass is 9.96. The number of fused-ring (bicyclic) bond motifs is 1. The second kappa shape index (κ2) is 15.4. The molecule has 270 valence electrons. The van der Waals surface area contributed by atoms with E-state index in [2.05, 4.69) is 28.8 Å². The van der Waals surface area contributed by atoms with Gasteiger partial charge < -0.3 is 18.9 Å². The number of pyridine rings is 1. The number of carbonyl (C=O) groups is 1. The molecule has 3 heterocycles. The summed E-state index contributed by atoms with van der Waals surface area (Å²) in [6.07, 6.45) is 6.47. The molecule has 3 aromatic carbocycles. The maximum atomic E-state index is 13.3. The first kappa shape index (κ1) is 35.6. The summed E-state index contributed by atoms with van der Waals surface area (Å²) in [5.74, 6) is 1.85. The van der Waals surface area contributed by atoms with Gasteiger partial charge in [-0.05, 0) is 85.7 Å². The Kier molecular flexibility index (Phi) is 10.5. The van der Waals surface area contributed by atoms with Crippen LogP contribution >= 0.6 is 11.6 Å². The molecule has 0 radical (unpaired) electrons. The Morgan fingerprint density at radius 1 is 0.981 bits per heavy atom. The number of hydrogen-bond donors (Lipinski definition) is 1. The van der Waals surface area contributed by atoms with Gasteiger partial charge in [-0.1, -0.05) is 42.3 Å². The number of benzene rings is 3. The van der Waals surface area contributed by atoms with Gasteiger partial charge in [0.05, 0.1) is 21.9 Å². The highest BCUT2D eigenvalue weighted by atomic mass is 35.5. The van der Waals surface area contributed by atoms with Crippen molar-refractivity contribution in [2.24, 2.45) is 0 Å². The molecule has 52 heavy (non-hydrogen) atoms. The molecule has 4 aromatic rings. The fraction of sp³-hybridized carbons (Fsp3) is 0.359. The van der Waals surface area contributed by atoms with Crippen LogP contribution in [0.3, 0.4) is 0 Å². The number of amides is 1. The lowest BCUT2D eigenvalue weighted by molar-refractivity contribution is -0.126. The molecular formula is C39H39ClN4O7S. The first-order valence-corrected chi connectivity index (χ1v) is 19.3. The Morgan fingerprint density at radius 2 is 1.79 bits per heavy atom. The van der Waals surface area contributed by atoms with Crippen molar-refractivity contribution in [1.29, 1.82) is 5.26 Å². The average Bonchev–Trinajstić information content (AvgIpc) is 4.02. The Labute approximate surface area is 308 Å². The van der Waals surface area contributed by atoms with Crippen LogP contribution < -0.4 is 23.7 Å². The number of sulfonamides is 1. The van der Waals surface area contributed by atoms with Crippen molar-refractivity contribution >= 4 is 27.5 Å². The molecule has 11 nitrogen and oxygen atoms in total. The van der Waals surface area contributed by atoms with Crippen LogP contribution in [-0.4, -0.2) is 55.3 Å². The van der Waals surface area contributed by atoms with Gasteiger partial charge in [0.2, 0.25) is 10.0 Å². The molecule has 1 unspecified atom stereocenters. The van der Waals surface area contributed by atoms with Gasteiger partial charge in [0.15, 0.2) is 11.5 Å². The molecule has 3 aliphatic rings. The smallest absolute Gasteiger partial charge is 0.250 e.